The summed E-state index contributed by atoms with van der Waals surface area (Å²) in [4.78, 5) is 25.7. The van der Waals surface area contributed by atoms with Crippen molar-refractivity contribution < 1.29 is 14.1 Å². The number of aromatic nitrogens is 1. The monoisotopic (exact) mass is 345 g/mol. The number of hydrogen-bond acceptors (Lipinski definition) is 4. The van der Waals surface area contributed by atoms with E-state index in [4.69, 9.17) is 21.9 Å². The Morgan fingerprint density at radius 1 is 1.42 bits per heavy atom. The van der Waals surface area contributed by atoms with Crippen molar-refractivity contribution >= 4 is 23.4 Å². The van der Waals surface area contributed by atoms with E-state index in [1.165, 1.54) is 18.9 Å². The fraction of sp³-hybridized carbons (Fsp3) is 0.353. The minimum absolute atomic E-state index is 0.0173. The van der Waals surface area contributed by atoms with Crippen LogP contribution in [0.2, 0.25) is 5.02 Å². The van der Waals surface area contributed by atoms with Crippen LogP contribution in [0.1, 0.15) is 46.2 Å². The number of carbonyl (C=O) groups excluding carboxylic acids is 2. The quantitative estimate of drug-likeness (QED) is 0.922. The highest BCUT2D eigenvalue weighted by Crippen LogP contribution is 2.40. The van der Waals surface area contributed by atoms with Gasteiger partial charge in [-0.3, -0.25) is 9.59 Å². The lowest BCUT2D eigenvalue weighted by Crippen LogP contribution is -2.34. The SMILES string of the molecule is CC(C1CC1)N1Cc2cc(-c3cc(C(N)=O)no3)cc(Cl)c2C1=O. The van der Waals surface area contributed by atoms with Crippen LogP contribution in [-0.2, 0) is 6.54 Å². The maximum absolute atomic E-state index is 12.7. The van der Waals surface area contributed by atoms with Gasteiger partial charge in [-0.2, -0.15) is 0 Å². The van der Waals surface area contributed by atoms with E-state index in [2.05, 4.69) is 12.1 Å². The van der Waals surface area contributed by atoms with E-state index in [9.17, 15) is 9.59 Å². The molecule has 1 aromatic heterocycles. The number of nitrogens with two attached hydrogens (primary N) is 1. The molecule has 1 unspecified atom stereocenters. The maximum Gasteiger partial charge on any atom is 0.270 e. The number of amides is 2. The number of carbonyl (C=O) groups is 2. The Hall–Kier alpha value is -2.34. The van der Waals surface area contributed by atoms with Crippen LogP contribution in [-0.4, -0.2) is 27.9 Å². The topological polar surface area (TPSA) is 89.4 Å². The molecule has 0 spiro atoms. The summed E-state index contributed by atoms with van der Waals surface area (Å²) in [6.07, 6.45) is 2.35. The fourth-order valence-electron chi connectivity index (χ4n) is 3.26. The van der Waals surface area contributed by atoms with Crippen molar-refractivity contribution in [2.75, 3.05) is 0 Å². The highest BCUT2D eigenvalue weighted by Gasteiger charge is 2.39. The second-order valence-corrected chi connectivity index (χ2v) is 6.85. The average molecular weight is 346 g/mol. The largest absolute Gasteiger partial charge is 0.364 e. The standard InChI is InChI=1S/C17H16ClN3O3/c1-8(9-2-3-9)21-7-11-4-10(5-12(18)15(11)17(21)23)14-6-13(16(19)22)20-24-14/h4-6,8-9H,2-3,7H2,1H3,(H2,19,22). The molecule has 124 valence electrons. The second-order valence-electron chi connectivity index (χ2n) is 6.44. The lowest BCUT2D eigenvalue weighted by Gasteiger charge is -2.23. The molecular weight excluding hydrogens is 330 g/mol. The molecule has 1 aromatic carbocycles. The molecule has 0 bridgehead atoms. The van der Waals surface area contributed by atoms with Gasteiger partial charge in [0.1, 0.15) is 0 Å². The van der Waals surface area contributed by atoms with Crippen LogP contribution < -0.4 is 5.73 Å². The van der Waals surface area contributed by atoms with Crippen LogP contribution in [0.5, 0.6) is 0 Å². The third kappa shape index (κ3) is 2.38. The average Bonchev–Trinajstić information content (AvgIpc) is 3.16. The van der Waals surface area contributed by atoms with Crippen LogP contribution in [0, 0.1) is 5.92 Å². The molecule has 0 saturated heterocycles. The molecule has 24 heavy (non-hydrogen) atoms. The summed E-state index contributed by atoms with van der Waals surface area (Å²) in [6, 6.07) is 5.22. The van der Waals surface area contributed by atoms with Gasteiger partial charge in [-0.05, 0) is 43.4 Å². The summed E-state index contributed by atoms with van der Waals surface area (Å²) in [5, 5.41) is 4.02. The summed E-state index contributed by atoms with van der Waals surface area (Å²) >= 11 is 6.35. The zero-order chi connectivity index (χ0) is 17.0. The molecule has 2 heterocycles. The molecule has 2 amide bonds. The zero-order valence-electron chi connectivity index (χ0n) is 13.1. The Labute approximate surface area is 143 Å². The minimum atomic E-state index is -0.656. The van der Waals surface area contributed by atoms with Gasteiger partial charge >= 0.3 is 0 Å². The summed E-state index contributed by atoms with van der Waals surface area (Å²) in [5.74, 6) is 0.316. The molecule has 1 atom stereocenters. The number of fused-ring (bicyclic) bond motifs is 1. The molecule has 0 radical (unpaired) electrons. The minimum Gasteiger partial charge on any atom is -0.364 e. The van der Waals surface area contributed by atoms with E-state index >= 15 is 0 Å². The van der Waals surface area contributed by atoms with E-state index < -0.39 is 5.91 Å². The molecule has 2 N–H and O–H groups in total. The molecule has 7 heteroatoms. The van der Waals surface area contributed by atoms with Crippen molar-refractivity contribution in [3.05, 3.63) is 40.0 Å². The van der Waals surface area contributed by atoms with Crippen molar-refractivity contribution in [3.63, 3.8) is 0 Å². The molecule has 2 aromatic rings. The number of halogens is 1. The van der Waals surface area contributed by atoms with Gasteiger partial charge in [0.2, 0.25) is 0 Å². The fourth-order valence-corrected chi connectivity index (χ4v) is 3.58. The Bertz CT molecular complexity index is 857. The molecule has 2 aliphatic rings. The molecule has 6 nitrogen and oxygen atoms in total. The molecule has 1 aliphatic carbocycles. The Kier molecular flexibility index (Phi) is 3.38. The third-order valence-electron chi connectivity index (χ3n) is 4.83. The van der Waals surface area contributed by atoms with Crippen LogP contribution in [0.4, 0.5) is 0 Å². The molecule has 1 aliphatic heterocycles. The normalized spacial score (nSPS) is 17.9. The van der Waals surface area contributed by atoms with Gasteiger partial charge in [-0.1, -0.05) is 16.8 Å². The number of hydrogen-bond donors (Lipinski definition) is 1. The van der Waals surface area contributed by atoms with E-state index in [0.29, 0.717) is 34.4 Å². The zero-order valence-corrected chi connectivity index (χ0v) is 13.8. The summed E-state index contributed by atoms with van der Waals surface area (Å²) < 4.78 is 5.17. The Balaban J connectivity index is 1.70. The van der Waals surface area contributed by atoms with E-state index in [1.807, 2.05) is 11.0 Å². The third-order valence-corrected chi connectivity index (χ3v) is 5.13. The molecule has 1 fully saturated rings. The van der Waals surface area contributed by atoms with Crippen molar-refractivity contribution in [1.82, 2.24) is 10.1 Å². The van der Waals surface area contributed by atoms with E-state index in [1.54, 1.807) is 6.07 Å². The summed E-state index contributed by atoms with van der Waals surface area (Å²) in [7, 11) is 0. The van der Waals surface area contributed by atoms with Gasteiger partial charge in [-0.15, -0.1) is 0 Å². The maximum atomic E-state index is 12.7. The lowest BCUT2D eigenvalue weighted by atomic mass is 10.0. The second kappa shape index (κ2) is 5.34. The predicted octanol–water partition coefficient (Wildman–Crippen LogP) is 2.85. The van der Waals surface area contributed by atoms with Crippen LogP contribution in [0.15, 0.2) is 22.7 Å². The molecule has 1 saturated carbocycles. The number of benzene rings is 1. The van der Waals surface area contributed by atoms with E-state index in [0.717, 1.165) is 5.56 Å². The molecular formula is C17H16ClN3O3. The van der Waals surface area contributed by atoms with Crippen molar-refractivity contribution in [1.29, 1.82) is 0 Å². The highest BCUT2D eigenvalue weighted by atomic mass is 35.5. The predicted molar refractivity (Wildman–Crippen MR) is 87.5 cm³/mol. The number of nitrogens with zero attached hydrogens (tertiary/aromatic N) is 2. The first-order valence-corrected chi connectivity index (χ1v) is 8.23. The van der Waals surface area contributed by atoms with Crippen LogP contribution >= 0.6 is 11.6 Å². The lowest BCUT2D eigenvalue weighted by molar-refractivity contribution is 0.0697. The van der Waals surface area contributed by atoms with E-state index in [-0.39, 0.29) is 17.6 Å². The van der Waals surface area contributed by atoms with Gasteiger partial charge in [0.25, 0.3) is 11.8 Å². The van der Waals surface area contributed by atoms with Crippen molar-refractivity contribution in [2.45, 2.75) is 32.4 Å². The summed E-state index contributed by atoms with van der Waals surface area (Å²) in [5.41, 5.74) is 7.35. The Morgan fingerprint density at radius 3 is 2.79 bits per heavy atom. The first-order valence-electron chi connectivity index (χ1n) is 7.86. The first-order chi connectivity index (χ1) is 11.5. The number of rotatable bonds is 4. The van der Waals surface area contributed by atoms with Gasteiger partial charge in [0.15, 0.2) is 11.5 Å². The van der Waals surface area contributed by atoms with Crippen molar-refractivity contribution in [3.8, 4) is 11.3 Å². The summed E-state index contributed by atoms with van der Waals surface area (Å²) in [6.45, 7) is 2.63. The van der Waals surface area contributed by atoms with Gasteiger partial charge in [-0.25, -0.2) is 0 Å². The van der Waals surface area contributed by atoms with Crippen LogP contribution in [0.3, 0.4) is 0 Å². The van der Waals surface area contributed by atoms with Gasteiger partial charge in [0, 0.05) is 24.2 Å². The smallest absolute Gasteiger partial charge is 0.270 e. The van der Waals surface area contributed by atoms with Gasteiger partial charge in [0.05, 0.1) is 10.6 Å². The number of primary amides is 1. The van der Waals surface area contributed by atoms with Crippen LogP contribution in [0.25, 0.3) is 11.3 Å². The Morgan fingerprint density at radius 2 is 2.17 bits per heavy atom. The van der Waals surface area contributed by atoms with Gasteiger partial charge < -0.3 is 15.2 Å². The van der Waals surface area contributed by atoms with Crippen molar-refractivity contribution in [2.24, 2.45) is 11.7 Å². The highest BCUT2D eigenvalue weighted by molar-refractivity contribution is 6.34. The molecule has 4 rings (SSSR count). The first kappa shape index (κ1) is 15.2.